The van der Waals surface area contributed by atoms with Gasteiger partial charge in [-0.3, -0.25) is 15.0 Å². The molecule has 2 heterocycles. The smallest absolute Gasteiger partial charge is 0.105 e. The maximum absolute atomic E-state index is 5.80. The van der Waals surface area contributed by atoms with E-state index >= 15 is 0 Å². The van der Waals surface area contributed by atoms with Crippen molar-refractivity contribution >= 4 is 5.71 Å². The predicted molar refractivity (Wildman–Crippen MR) is 53.7 cm³/mol. The third kappa shape index (κ3) is 1.58. The van der Waals surface area contributed by atoms with E-state index in [4.69, 9.17) is 5.73 Å². The van der Waals surface area contributed by atoms with Gasteiger partial charge in [-0.1, -0.05) is 0 Å². The highest BCUT2D eigenvalue weighted by Crippen LogP contribution is 2.12. The summed E-state index contributed by atoms with van der Waals surface area (Å²) in [4.78, 5) is 8.42. The van der Waals surface area contributed by atoms with E-state index in [-0.39, 0.29) is 6.17 Å². The van der Waals surface area contributed by atoms with Crippen molar-refractivity contribution < 1.29 is 0 Å². The lowest BCUT2D eigenvalue weighted by molar-refractivity contribution is 0.291. The third-order valence-electron chi connectivity index (χ3n) is 2.24. The van der Waals surface area contributed by atoms with Crippen molar-refractivity contribution in [3.05, 3.63) is 23.8 Å². The van der Waals surface area contributed by atoms with Crippen molar-refractivity contribution in [1.82, 2.24) is 15.0 Å². The molecule has 74 valence electrons. The molecular weight excluding hydrogens is 178 g/mol. The van der Waals surface area contributed by atoms with Crippen LogP contribution in [0, 0.1) is 6.92 Å². The first-order valence-corrected chi connectivity index (χ1v) is 4.52. The number of aryl methyl sites for hydroxylation is 1. The number of hydrogen-bond acceptors (Lipinski definition) is 5. The van der Waals surface area contributed by atoms with Gasteiger partial charge in [0.05, 0.1) is 23.8 Å². The van der Waals surface area contributed by atoms with E-state index in [2.05, 4.69) is 15.1 Å². The molecule has 1 unspecified atom stereocenters. The Bertz CT molecular complexity index is 356. The molecule has 14 heavy (non-hydrogen) atoms. The van der Waals surface area contributed by atoms with Gasteiger partial charge in [0.25, 0.3) is 0 Å². The van der Waals surface area contributed by atoms with E-state index in [9.17, 15) is 0 Å². The molecule has 0 spiro atoms. The zero-order chi connectivity index (χ0) is 10.1. The summed E-state index contributed by atoms with van der Waals surface area (Å²) < 4.78 is 0. The van der Waals surface area contributed by atoms with Gasteiger partial charge in [0.15, 0.2) is 0 Å². The second-order valence-electron chi connectivity index (χ2n) is 3.43. The van der Waals surface area contributed by atoms with Gasteiger partial charge in [-0.25, -0.2) is 0 Å². The van der Waals surface area contributed by atoms with Crippen molar-refractivity contribution in [2.75, 3.05) is 7.05 Å². The fourth-order valence-corrected chi connectivity index (χ4v) is 1.33. The van der Waals surface area contributed by atoms with Crippen molar-refractivity contribution in [3.63, 3.8) is 0 Å². The molecule has 1 aliphatic heterocycles. The zero-order valence-electron chi connectivity index (χ0n) is 8.31. The third-order valence-corrected chi connectivity index (χ3v) is 2.24. The molecule has 2 rings (SSSR count). The number of rotatable bonds is 1. The van der Waals surface area contributed by atoms with Crippen molar-refractivity contribution in [2.24, 2.45) is 10.8 Å². The summed E-state index contributed by atoms with van der Waals surface area (Å²) in [5.41, 5.74) is 8.43. The van der Waals surface area contributed by atoms with Crippen LogP contribution in [0.4, 0.5) is 0 Å². The standard InChI is InChI=1S/C9H13N5/c1-6-4-12-8(5-11-6)7-3-9(10)14(2)13-7/h4-5,9H,3,10H2,1-2H3. The van der Waals surface area contributed by atoms with Crippen LogP contribution in [0.25, 0.3) is 0 Å². The summed E-state index contributed by atoms with van der Waals surface area (Å²) in [6, 6.07) is 0. The molecular formula is C9H13N5. The maximum Gasteiger partial charge on any atom is 0.105 e. The number of hydrazone groups is 1. The highest BCUT2D eigenvalue weighted by Gasteiger charge is 2.21. The first-order chi connectivity index (χ1) is 6.66. The Kier molecular flexibility index (Phi) is 2.17. The molecule has 1 atom stereocenters. The van der Waals surface area contributed by atoms with Gasteiger partial charge in [-0.15, -0.1) is 0 Å². The van der Waals surface area contributed by atoms with Crippen molar-refractivity contribution in [3.8, 4) is 0 Å². The lowest BCUT2D eigenvalue weighted by atomic mass is 10.2. The van der Waals surface area contributed by atoms with Crippen LogP contribution in [0.3, 0.4) is 0 Å². The Morgan fingerprint density at radius 1 is 1.43 bits per heavy atom. The summed E-state index contributed by atoms with van der Waals surface area (Å²) in [7, 11) is 1.86. The molecule has 5 nitrogen and oxygen atoms in total. The number of nitrogens with zero attached hydrogens (tertiary/aromatic N) is 4. The summed E-state index contributed by atoms with van der Waals surface area (Å²) in [6.45, 7) is 1.91. The Morgan fingerprint density at radius 2 is 2.21 bits per heavy atom. The minimum Gasteiger partial charge on any atom is -0.310 e. The molecule has 1 aromatic heterocycles. The lowest BCUT2D eigenvalue weighted by Crippen LogP contribution is -2.31. The van der Waals surface area contributed by atoms with Crippen LogP contribution in [-0.4, -0.2) is 33.9 Å². The van der Waals surface area contributed by atoms with Crippen molar-refractivity contribution in [1.29, 1.82) is 0 Å². The fraction of sp³-hybridized carbons (Fsp3) is 0.444. The molecule has 0 saturated heterocycles. The summed E-state index contributed by atoms with van der Waals surface area (Å²) in [6.07, 6.45) is 4.17. The predicted octanol–water partition coefficient (Wildman–Crippen LogP) is 0.109. The Labute approximate surface area is 82.7 Å². The van der Waals surface area contributed by atoms with Gasteiger partial charge in [0.1, 0.15) is 5.69 Å². The Hall–Kier alpha value is -1.49. The van der Waals surface area contributed by atoms with Crippen LogP contribution >= 0.6 is 0 Å². The molecule has 0 saturated carbocycles. The van der Waals surface area contributed by atoms with Crippen LogP contribution in [0.1, 0.15) is 17.8 Å². The fourth-order valence-electron chi connectivity index (χ4n) is 1.33. The minimum atomic E-state index is -0.0342. The normalized spacial score (nSPS) is 21.2. The van der Waals surface area contributed by atoms with E-state index in [1.54, 1.807) is 17.4 Å². The first-order valence-electron chi connectivity index (χ1n) is 4.52. The van der Waals surface area contributed by atoms with E-state index in [1.165, 1.54) is 0 Å². The van der Waals surface area contributed by atoms with Crippen LogP contribution in [0.5, 0.6) is 0 Å². The highest BCUT2D eigenvalue weighted by molar-refractivity contribution is 5.99. The first kappa shape index (κ1) is 9.08. The highest BCUT2D eigenvalue weighted by atomic mass is 15.5. The number of hydrogen-bond donors (Lipinski definition) is 1. The SMILES string of the molecule is Cc1cnc(C2=NN(C)C(N)C2)cn1. The topological polar surface area (TPSA) is 67.4 Å². The van der Waals surface area contributed by atoms with Gasteiger partial charge in [0.2, 0.25) is 0 Å². The minimum absolute atomic E-state index is 0.0342. The van der Waals surface area contributed by atoms with E-state index in [0.717, 1.165) is 23.5 Å². The largest absolute Gasteiger partial charge is 0.310 e. The van der Waals surface area contributed by atoms with Crippen molar-refractivity contribution in [2.45, 2.75) is 19.5 Å². The molecule has 0 radical (unpaired) electrons. The second kappa shape index (κ2) is 3.34. The van der Waals surface area contributed by atoms with Gasteiger partial charge in [0, 0.05) is 19.7 Å². The monoisotopic (exact) mass is 191 g/mol. The Balaban J connectivity index is 2.25. The Morgan fingerprint density at radius 3 is 2.71 bits per heavy atom. The molecule has 0 bridgehead atoms. The van der Waals surface area contributed by atoms with Crippen LogP contribution in [0.15, 0.2) is 17.5 Å². The van der Waals surface area contributed by atoms with Gasteiger partial charge in [-0.05, 0) is 6.92 Å². The van der Waals surface area contributed by atoms with E-state index in [0.29, 0.717) is 0 Å². The molecule has 0 aromatic carbocycles. The van der Waals surface area contributed by atoms with Crippen LogP contribution in [-0.2, 0) is 0 Å². The number of nitrogens with two attached hydrogens (primary N) is 1. The average Bonchev–Trinajstić information content (AvgIpc) is 2.48. The molecule has 0 fully saturated rings. The quantitative estimate of drug-likeness (QED) is 0.684. The maximum atomic E-state index is 5.80. The molecule has 2 N–H and O–H groups in total. The molecule has 0 amide bonds. The average molecular weight is 191 g/mol. The van der Waals surface area contributed by atoms with Crippen LogP contribution in [0.2, 0.25) is 0 Å². The zero-order valence-corrected chi connectivity index (χ0v) is 8.31. The summed E-state index contributed by atoms with van der Waals surface area (Å²) in [5.74, 6) is 0. The number of aromatic nitrogens is 2. The summed E-state index contributed by atoms with van der Waals surface area (Å²) >= 11 is 0. The molecule has 1 aliphatic rings. The molecule has 0 aliphatic carbocycles. The van der Waals surface area contributed by atoms with Crippen LogP contribution < -0.4 is 5.73 Å². The summed E-state index contributed by atoms with van der Waals surface area (Å²) in [5, 5.41) is 6.04. The molecule has 5 heteroatoms. The van der Waals surface area contributed by atoms with E-state index in [1.807, 2.05) is 14.0 Å². The molecule has 1 aromatic rings. The van der Waals surface area contributed by atoms with E-state index < -0.39 is 0 Å². The van der Waals surface area contributed by atoms with Gasteiger partial charge >= 0.3 is 0 Å². The van der Waals surface area contributed by atoms with Gasteiger partial charge in [-0.2, -0.15) is 5.10 Å². The lowest BCUT2D eigenvalue weighted by Gasteiger charge is -2.11. The second-order valence-corrected chi connectivity index (χ2v) is 3.43. The van der Waals surface area contributed by atoms with Gasteiger partial charge < -0.3 is 5.73 Å².